The Morgan fingerprint density at radius 3 is 2.50 bits per heavy atom. The van der Waals surface area contributed by atoms with Crippen LogP contribution in [0.2, 0.25) is 0 Å². The number of H-pyrrole nitrogens is 1. The third kappa shape index (κ3) is 3.28. The number of carbonyl (C=O) groups excluding carboxylic acids is 1. The highest BCUT2D eigenvalue weighted by Gasteiger charge is 2.19. The highest BCUT2D eigenvalue weighted by molar-refractivity contribution is 6.05. The van der Waals surface area contributed by atoms with E-state index in [1.54, 1.807) is 29.8 Å². The van der Waals surface area contributed by atoms with Crippen LogP contribution < -0.4 is 20.2 Å². The average Bonchev–Trinajstić information content (AvgIpc) is 3.11. The van der Waals surface area contributed by atoms with Crippen LogP contribution in [0.1, 0.15) is 16.1 Å². The molecule has 2 N–H and O–H groups in total. The van der Waals surface area contributed by atoms with Crippen molar-refractivity contribution in [3.63, 3.8) is 0 Å². The molecular formula is C22H20N4O4. The number of hydrogen-bond donors (Lipinski definition) is 2. The van der Waals surface area contributed by atoms with E-state index in [1.807, 2.05) is 30.3 Å². The van der Waals surface area contributed by atoms with Crippen LogP contribution in [0.3, 0.4) is 0 Å². The summed E-state index contributed by atoms with van der Waals surface area (Å²) in [6.07, 6.45) is 1.40. The van der Waals surface area contributed by atoms with Crippen molar-refractivity contribution in [3.8, 4) is 17.2 Å². The summed E-state index contributed by atoms with van der Waals surface area (Å²) in [5.41, 5.74) is 1.97. The number of carbonyl (C=O) groups is 1. The van der Waals surface area contributed by atoms with E-state index in [2.05, 4.69) is 15.4 Å². The highest BCUT2D eigenvalue weighted by Crippen LogP contribution is 2.30. The van der Waals surface area contributed by atoms with Crippen LogP contribution in [0.4, 0.5) is 5.69 Å². The highest BCUT2D eigenvalue weighted by atomic mass is 16.5. The topological polar surface area (TPSA) is 98.2 Å². The van der Waals surface area contributed by atoms with Gasteiger partial charge >= 0.3 is 0 Å². The van der Waals surface area contributed by atoms with Gasteiger partial charge in [0.05, 0.1) is 31.0 Å². The fraction of sp³-hybridized carbons (Fsp3) is 0.136. The van der Waals surface area contributed by atoms with Gasteiger partial charge < -0.3 is 19.8 Å². The number of aryl methyl sites for hydroxylation is 1. The number of ether oxygens (including phenoxy) is 2. The lowest BCUT2D eigenvalue weighted by Crippen LogP contribution is -2.22. The number of para-hydroxylation sites is 1. The molecule has 0 spiro atoms. The number of aromatic amines is 1. The van der Waals surface area contributed by atoms with Gasteiger partial charge in [0.15, 0.2) is 11.5 Å². The van der Waals surface area contributed by atoms with Crippen molar-refractivity contribution in [3.05, 3.63) is 76.2 Å². The Morgan fingerprint density at radius 2 is 1.80 bits per heavy atom. The van der Waals surface area contributed by atoms with Gasteiger partial charge in [0, 0.05) is 18.0 Å². The lowest BCUT2D eigenvalue weighted by molar-refractivity contribution is 0.102. The van der Waals surface area contributed by atoms with Gasteiger partial charge in [0.2, 0.25) is 5.43 Å². The number of methoxy groups -OCH3 is 2. The molecule has 0 fully saturated rings. The Balaban J connectivity index is 1.72. The molecule has 2 aromatic carbocycles. The van der Waals surface area contributed by atoms with Crippen LogP contribution in [0.25, 0.3) is 16.7 Å². The van der Waals surface area contributed by atoms with E-state index < -0.39 is 5.91 Å². The molecule has 0 atom stereocenters. The Morgan fingerprint density at radius 1 is 1.07 bits per heavy atom. The number of amides is 1. The van der Waals surface area contributed by atoms with Crippen LogP contribution in [-0.4, -0.2) is 34.9 Å². The Labute approximate surface area is 172 Å². The van der Waals surface area contributed by atoms with Gasteiger partial charge in [0.25, 0.3) is 5.91 Å². The fourth-order valence-electron chi connectivity index (χ4n) is 3.31. The lowest BCUT2D eigenvalue weighted by atomic mass is 10.1. The fourth-order valence-corrected chi connectivity index (χ4v) is 3.31. The van der Waals surface area contributed by atoms with Crippen molar-refractivity contribution < 1.29 is 14.3 Å². The van der Waals surface area contributed by atoms with Crippen molar-refractivity contribution in [2.45, 2.75) is 6.92 Å². The Hall–Kier alpha value is -4.07. The largest absolute Gasteiger partial charge is 0.493 e. The van der Waals surface area contributed by atoms with Crippen LogP contribution in [0.5, 0.6) is 11.5 Å². The van der Waals surface area contributed by atoms with Crippen molar-refractivity contribution in [1.82, 2.24) is 14.8 Å². The summed E-state index contributed by atoms with van der Waals surface area (Å²) < 4.78 is 12.1. The van der Waals surface area contributed by atoms with Gasteiger partial charge in [-0.05, 0) is 31.2 Å². The minimum absolute atomic E-state index is 0.00648. The molecule has 8 heteroatoms. The molecule has 2 heterocycles. The van der Waals surface area contributed by atoms with Crippen LogP contribution in [0.15, 0.2) is 59.5 Å². The summed E-state index contributed by atoms with van der Waals surface area (Å²) in [6, 6.07) is 14.4. The smallest absolute Gasteiger partial charge is 0.261 e. The second-order valence-electron chi connectivity index (χ2n) is 6.61. The molecule has 0 saturated heterocycles. The van der Waals surface area contributed by atoms with E-state index >= 15 is 0 Å². The molecule has 0 radical (unpaired) electrons. The molecule has 4 rings (SSSR count). The van der Waals surface area contributed by atoms with Crippen LogP contribution in [0, 0.1) is 6.92 Å². The number of anilines is 1. The van der Waals surface area contributed by atoms with Gasteiger partial charge in [-0.25, -0.2) is 4.68 Å². The quantitative estimate of drug-likeness (QED) is 0.532. The first-order valence-corrected chi connectivity index (χ1v) is 9.23. The Kier molecular flexibility index (Phi) is 4.97. The number of rotatable bonds is 5. The SMILES string of the molecule is COc1ccc(NC(=O)c2c[nH]c3c(c(C)nn3-c3ccccc3)c2=O)cc1OC. The molecule has 8 nitrogen and oxygen atoms in total. The molecule has 0 aliphatic carbocycles. The Bertz CT molecular complexity index is 1290. The van der Waals surface area contributed by atoms with Gasteiger partial charge in [-0.3, -0.25) is 9.59 Å². The summed E-state index contributed by atoms with van der Waals surface area (Å²) in [6.45, 7) is 1.74. The second-order valence-corrected chi connectivity index (χ2v) is 6.61. The number of nitrogens with zero attached hydrogens (tertiary/aromatic N) is 2. The third-order valence-electron chi connectivity index (χ3n) is 4.77. The second kappa shape index (κ2) is 7.75. The normalized spacial score (nSPS) is 10.8. The minimum atomic E-state index is -0.530. The molecule has 0 aliphatic heterocycles. The average molecular weight is 404 g/mol. The third-order valence-corrected chi connectivity index (χ3v) is 4.77. The first-order valence-electron chi connectivity index (χ1n) is 9.23. The number of nitrogens with one attached hydrogen (secondary N) is 2. The molecule has 30 heavy (non-hydrogen) atoms. The van der Waals surface area contributed by atoms with Gasteiger partial charge in [0.1, 0.15) is 11.2 Å². The van der Waals surface area contributed by atoms with Crippen molar-refractivity contribution >= 4 is 22.6 Å². The molecule has 1 amide bonds. The number of benzene rings is 2. The summed E-state index contributed by atoms with van der Waals surface area (Å²) >= 11 is 0. The van der Waals surface area contributed by atoms with Crippen LogP contribution >= 0.6 is 0 Å². The van der Waals surface area contributed by atoms with Gasteiger partial charge in [-0.1, -0.05) is 18.2 Å². The summed E-state index contributed by atoms with van der Waals surface area (Å²) in [4.78, 5) is 28.9. The van der Waals surface area contributed by atoms with Crippen LogP contribution in [-0.2, 0) is 0 Å². The molecule has 2 aromatic heterocycles. The number of aromatic nitrogens is 3. The zero-order chi connectivity index (χ0) is 21.3. The zero-order valence-electron chi connectivity index (χ0n) is 16.7. The molecule has 0 bridgehead atoms. The summed E-state index contributed by atoms with van der Waals surface area (Å²) in [5, 5.41) is 7.57. The van der Waals surface area contributed by atoms with Gasteiger partial charge in [-0.15, -0.1) is 0 Å². The number of hydrogen-bond acceptors (Lipinski definition) is 5. The molecule has 0 unspecified atom stereocenters. The van der Waals surface area contributed by atoms with E-state index in [4.69, 9.17) is 9.47 Å². The van der Waals surface area contributed by atoms with E-state index in [0.29, 0.717) is 33.9 Å². The molecular weight excluding hydrogens is 384 g/mol. The van der Waals surface area contributed by atoms with Crippen molar-refractivity contribution in [2.75, 3.05) is 19.5 Å². The minimum Gasteiger partial charge on any atom is -0.493 e. The zero-order valence-corrected chi connectivity index (χ0v) is 16.7. The van der Waals surface area contributed by atoms with Gasteiger partial charge in [-0.2, -0.15) is 5.10 Å². The first kappa shape index (κ1) is 19.3. The maximum absolute atomic E-state index is 13.1. The predicted molar refractivity (Wildman–Crippen MR) is 114 cm³/mol. The summed E-state index contributed by atoms with van der Waals surface area (Å²) in [5.74, 6) is 0.482. The van der Waals surface area contributed by atoms with E-state index in [-0.39, 0.29) is 11.0 Å². The molecule has 152 valence electrons. The molecule has 4 aromatic rings. The molecule has 0 saturated carbocycles. The lowest BCUT2D eigenvalue weighted by Gasteiger charge is -2.10. The maximum Gasteiger partial charge on any atom is 0.261 e. The number of pyridine rings is 1. The van der Waals surface area contributed by atoms with E-state index in [1.165, 1.54) is 20.4 Å². The van der Waals surface area contributed by atoms with Crippen molar-refractivity contribution in [2.24, 2.45) is 0 Å². The number of fused-ring (bicyclic) bond motifs is 1. The predicted octanol–water partition coefficient (Wildman–Crippen LogP) is 3.29. The van der Waals surface area contributed by atoms with E-state index in [9.17, 15) is 9.59 Å². The monoisotopic (exact) mass is 404 g/mol. The molecule has 0 aliphatic rings. The van der Waals surface area contributed by atoms with Crippen molar-refractivity contribution in [1.29, 1.82) is 0 Å². The first-order chi connectivity index (χ1) is 14.5. The maximum atomic E-state index is 13.1. The standard InChI is InChI=1S/C22H20N4O4/c1-13-19-20(27)16(12-23-21(19)26(25-13)15-7-5-4-6-8-15)22(28)24-14-9-10-17(29-2)18(11-14)30-3/h4-12H,1-3H3,(H,23,27)(H,24,28). The van der Waals surface area contributed by atoms with E-state index in [0.717, 1.165) is 5.69 Å². The summed E-state index contributed by atoms with van der Waals surface area (Å²) in [7, 11) is 3.04.